The number of aromatic nitrogens is 4. The smallest absolute Gasteiger partial charge is 0.222 e. The van der Waals surface area contributed by atoms with Gasteiger partial charge in [-0.05, 0) is 33.6 Å². The fourth-order valence-corrected chi connectivity index (χ4v) is 1.50. The molecule has 1 N–H and O–H groups in total. The Kier molecular flexibility index (Phi) is 2.28. The van der Waals surface area contributed by atoms with Gasteiger partial charge in [0.2, 0.25) is 5.28 Å². The van der Waals surface area contributed by atoms with E-state index in [4.69, 9.17) is 11.6 Å². The molecule has 0 spiro atoms. The maximum atomic E-state index is 5.64. The van der Waals surface area contributed by atoms with Crippen molar-refractivity contribution in [3.05, 3.63) is 28.5 Å². The Labute approximate surface area is 87.5 Å². The third kappa shape index (κ3) is 1.71. The molecule has 13 heavy (non-hydrogen) atoms. The normalized spacial score (nSPS) is 10.3. The molecular weight excluding hydrogens is 255 g/mol. The minimum Gasteiger partial charge on any atom is -0.342 e. The zero-order chi connectivity index (χ0) is 9.26. The Morgan fingerprint density at radius 2 is 2.23 bits per heavy atom. The molecule has 0 amide bonds. The molecule has 2 aromatic rings. The third-order valence-electron chi connectivity index (χ3n) is 1.48. The second-order valence-corrected chi connectivity index (χ2v) is 3.37. The summed E-state index contributed by atoms with van der Waals surface area (Å²) in [5, 5.41) is 0.221. The first-order valence-electron chi connectivity index (χ1n) is 3.45. The highest BCUT2D eigenvalue weighted by Gasteiger charge is 2.06. The standard InChI is InChI=1S/C7H4BrClN4/c8-6-5(11-3-12-6)4-1-2-10-7(9)13-4/h1-3H,(H,11,12). The van der Waals surface area contributed by atoms with Crippen molar-refractivity contribution in [2.45, 2.75) is 0 Å². The fraction of sp³-hybridized carbons (Fsp3) is 0. The predicted molar refractivity (Wildman–Crippen MR) is 52.3 cm³/mol. The molecule has 4 nitrogen and oxygen atoms in total. The first-order chi connectivity index (χ1) is 6.27. The number of rotatable bonds is 1. The van der Waals surface area contributed by atoms with Crippen LogP contribution in [0.1, 0.15) is 0 Å². The summed E-state index contributed by atoms with van der Waals surface area (Å²) in [6.45, 7) is 0. The fourth-order valence-electron chi connectivity index (χ4n) is 0.931. The van der Waals surface area contributed by atoms with Gasteiger partial charge in [-0.3, -0.25) is 0 Å². The molecule has 0 bridgehead atoms. The Morgan fingerprint density at radius 1 is 1.38 bits per heavy atom. The van der Waals surface area contributed by atoms with Gasteiger partial charge in [-0.2, -0.15) is 0 Å². The van der Waals surface area contributed by atoms with Gasteiger partial charge in [-0.25, -0.2) is 15.0 Å². The third-order valence-corrected chi connectivity index (χ3v) is 2.26. The second-order valence-electron chi connectivity index (χ2n) is 2.28. The highest BCUT2D eigenvalue weighted by atomic mass is 79.9. The number of nitrogens with zero attached hydrogens (tertiary/aromatic N) is 3. The summed E-state index contributed by atoms with van der Waals surface area (Å²) in [6.07, 6.45) is 3.17. The molecule has 0 unspecified atom stereocenters. The summed E-state index contributed by atoms with van der Waals surface area (Å²) in [5.74, 6) is 0. The van der Waals surface area contributed by atoms with Crippen LogP contribution in [0, 0.1) is 0 Å². The SMILES string of the molecule is Clc1nccc(-c2[nH]cnc2Br)n1. The van der Waals surface area contributed by atoms with Crippen LogP contribution in [0.5, 0.6) is 0 Å². The zero-order valence-electron chi connectivity index (χ0n) is 6.33. The quantitative estimate of drug-likeness (QED) is 0.799. The van der Waals surface area contributed by atoms with Gasteiger partial charge < -0.3 is 4.98 Å². The van der Waals surface area contributed by atoms with Gasteiger partial charge in [-0.1, -0.05) is 0 Å². The van der Waals surface area contributed by atoms with Crippen LogP contribution in [-0.2, 0) is 0 Å². The van der Waals surface area contributed by atoms with E-state index in [9.17, 15) is 0 Å². The number of imidazole rings is 1. The van der Waals surface area contributed by atoms with Crippen LogP contribution in [0.25, 0.3) is 11.4 Å². The van der Waals surface area contributed by atoms with E-state index < -0.39 is 0 Å². The predicted octanol–water partition coefficient (Wildman–Crippen LogP) is 2.28. The first-order valence-corrected chi connectivity index (χ1v) is 4.62. The monoisotopic (exact) mass is 258 g/mol. The summed E-state index contributed by atoms with van der Waals surface area (Å²) in [4.78, 5) is 14.7. The average molecular weight is 259 g/mol. The molecule has 0 aliphatic carbocycles. The van der Waals surface area contributed by atoms with E-state index in [1.54, 1.807) is 18.6 Å². The van der Waals surface area contributed by atoms with Crippen LogP contribution < -0.4 is 0 Å². The molecule has 0 saturated heterocycles. The number of halogens is 2. The van der Waals surface area contributed by atoms with Crippen molar-refractivity contribution < 1.29 is 0 Å². The summed E-state index contributed by atoms with van der Waals surface area (Å²) in [7, 11) is 0. The van der Waals surface area contributed by atoms with Crippen molar-refractivity contribution >= 4 is 27.5 Å². The van der Waals surface area contributed by atoms with Crippen LogP contribution in [0.15, 0.2) is 23.2 Å². The molecule has 2 rings (SSSR count). The summed E-state index contributed by atoms with van der Waals surface area (Å²) in [5.41, 5.74) is 1.51. The van der Waals surface area contributed by atoms with Gasteiger partial charge in [0.05, 0.1) is 17.7 Å². The molecule has 66 valence electrons. The number of hydrogen-bond acceptors (Lipinski definition) is 3. The van der Waals surface area contributed by atoms with Crippen molar-refractivity contribution in [1.82, 2.24) is 19.9 Å². The maximum Gasteiger partial charge on any atom is 0.222 e. The lowest BCUT2D eigenvalue weighted by Gasteiger charge is -1.96. The minimum absolute atomic E-state index is 0.221. The molecule has 0 atom stereocenters. The van der Waals surface area contributed by atoms with Gasteiger partial charge in [0, 0.05) is 6.20 Å². The summed E-state index contributed by atoms with van der Waals surface area (Å²) >= 11 is 8.92. The second kappa shape index (κ2) is 3.43. The number of hydrogen-bond donors (Lipinski definition) is 1. The van der Waals surface area contributed by atoms with Gasteiger partial charge in [0.25, 0.3) is 0 Å². The molecule has 0 aliphatic rings. The number of H-pyrrole nitrogens is 1. The molecule has 0 saturated carbocycles. The van der Waals surface area contributed by atoms with Crippen molar-refractivity contribution in [3.8, 4) is 11.4 Å². The lowest BCUT2D eigenvalue weighted by Crippen LogP contribution is -1.86. The van der Waals surface area contributed by atoms with E-state index in [1.165, 1.54) is 0 Å². The molecule has 0 aliphatic heterocycles. The van der Waals surface area contributed by atoms with Crippen LogP contribution >= 0.6 is 27.5 Å². The van der Waals surface area contributed by atoms with Gasteiger partial charge in [0.1, 0.15) is 4.60 Å². The molecular formula is C7H4BrClN4. The number of aromatic amines is 1. The molecule has 0 aromatic carbocycles. The van der Waals surface area contributed by atoms with Gasteiger partial charge in [-0.15, -0.1) is 0 Å². The zero-order valence-corrected chi connectivity index (χ0v) is 8.67. The Morgan fingerprint density at radius 3 is 2.85 bits per heavy atom. The topological polar surface area (TPSA) is 54.5 Å². The van der Waals surface area contributed by atoms with Crippen molar-refractivity contribution in [1.29, 1.82) is 0 Å². The number of nitrogens with one attached hydrogen (secondary N) is 1. The molecule has 6 heteroatoms. The van der Waals surface area contributed by atoms with Gasteiger partial charge >= 0.3 is 0 Å². The first kappa shape index (κ1) is 8.65. The molecule has 0 fully saturated rings. The van der Waals surface area contributed by atoms with Crippen molar-refractivity contribution in [2.24, 2.45) is 0 Å². The highest BCUT2D eigenvalue weighted by Crippen LogP contribution is 2.22. The molecule has 2 heterocycles. The Balaban J connectivity index is 2.53. The van der Waals surface area contributed by atoms with E-state index in [1.807, 2.05) is 0 Å². The summed E-state index contributed by atoms with van der Waals surface area (Å²) < 4.78 is 0.710. The Bertz CT molecular complexity index is 428. The Hall–Kier alpha value is -0.940. The highest BCUT2D eigenvalue weighted by molar-refractivity contribution is 9.10. The van der Waals surface area contributed by atoms with E-state index in [2.05, 4.69) is 35.9 Å². The minimum atomic E-state index is 0.221. The summed E-state index contributed by atoms with van der Waals surface area (Å²) in [6, 6.07) is 1.75. The van der Waals surface area contributed by atoms with Crippen molar-refractivity contribution in [2.75, 3.05) is 0 Å². The van der Waals surface area contributed by atoms with Crippen LogP contribution in [0.4, 0.5) is 0 Å². The van der Waals surface area contributed by atoms with Crippen molar-refractivity contribution in [3.63, 3.8) is 0 Å². The van der Waals surface area contributed by atoms with E-state index in [0.717, 1.165) is 5.69 Å². The van der Waals surface area contributed by atoms with Crippen LogP contribution in [-0.4, -0.2) is 19.9 Å². The maximum absolute atomic E-state index is 5.64. The lowest BCUT2D eigenvalue weighted by molar-refractivity contribution is 1.16. The van der Waals surface area contributed by atoms with E-state index in [0.29, 0.717) is 10.3 Å². The molecule has 2 aromatic heterocycles. The van der Waals surface area contributed by atoms with Crippen LogP contribution in [0.2, 0.25) is 5.28 Å². The van der Waals surface area contributed by atoms with E-state index >= 15 is 0 Å². The largest absolute Gasteiger partial charge is 0.342 e. The van der Waals surface area contributed by atoms with E-state index in [-0.39, 0.29) is 5.28 Å². The average Bonchev–Trinajstić information content (AvgIpc) is 2.51. The molecule has 0 radical (unpaired) electrons. The lowest BCUT2D eigenvalue weighted by atomic mass is 10.3. The van der Waals surface area contributed by atoms with Gasteiger partial charge in [0.15, 0.2) is 0 Å². The van der Waals surface area contributed by atoms with Crippen LogP contribution in [0.3, 0.4) is 0 Å².